The highest BCUT2D eigenvalue weighted by Gasteiger charge is 2.18. The molecule has 39 heavy (non-hydrogen) atoms. The molecule has 0 saturated carbocycles. The molecular formula is C33H47NO4S. The van der Waals surface area contributed by atoms with Crippen molar-refractivity contribution in [3.8, 4) is 5.75 Å². The first-order valence-electron chi connectivity index (χ1n) is 14.2. The lowest BCUT2D eigenvalue weighted by Gasteiger charge is -2.14. The van der Waals surface area contributed by atoms with Crippen molar-refractivity contribution in [2.24, 2.45) is 0 Å². The number of para-hydroxylation sites is 1. The quantitative estimate of drug-likeness (QED) is 0.0914. The second kappa shape index (κ2) is 24.1. The lowest BCUT2D eigenvalue weighted by Crippen LogP contribution is -2.29. The number of benzene rings is 1. The van der Waals surface area contributed by atoms with Crippen LogP contribution in [0.1, 0.15) is 82.0 Å². The highest BCUT2D eigenvalue weighted by molar-refractivity contribution is 8.00. The van der Waals surface area contributed by atoms with E-state index < -0.39 is 5.91 Å². The van der Waals surface area contributed by atoms with Gasteiger partial charge in [0.15, 0.2) is 0 Å². The lowest BCUT2D eigenvalue weighted by molar-refractivity contribution is -0.142. The van der Waals surface area contributed by atoms with Crippen molar-refractivity contribution in [3.63, 3.8) is 0 Å². The second-order valence-corrected chi connectivity index (χ2v) is 10.2. The number of allylic oxidation sites excluding steroid dienone is 10. The van der Waals surface area contributed by atoms with Crippen LogP contribution >= 0.6 is 11.8 Å². The zero-order valence-electron chi connectivity index (χ0n) is 23.7. The maximum Gasteiger partial charge on any atom is 0.319 e. The number of aromatic hydroxyl groups is 1. The molecule has 1 rings (SSSR count). The zero-order chi connectivity index (χ0) is 28.4. The molecule has 0 aliphatic heterocycles. The van der Waals surface area contributed by atoms with E-state index in [0.717, 1.165) is 57.1 Å². The van der Waals surface area contributed by atoms with Gasteiger partial charge >= 0.3 is 5.97 Å². The van der Waals surface area contributed by atoms with Crippen molar-refractivity contribution in [2.75, 3.05) is 18.9 Å². The molecular weight excluding hydrogens is 506 g/mol. The molecule has 1 amide bonds. The summed E-state index contributed by atoms with van der Waals surface area (Å²) < 4.78 is 5.34. The van der Waals surface area contributed by atoms with Gasteiger partial charge in [0.05, 0.1) is 12.1 Å². The van der Waals surface area contributed by atoms with Gasteiger partial charge in [-0.05, 0) is 75.7 Å². The molecule has 0 saturated heterocycles. The average Bonchev–Trinajstić information content (AvgIpc) is 2.94. The van der Waals surface area contributed by atoms with Crippen molar-refractivity contribution in [1.82, 2.24) is 5.32 Å². The van der Waals surface area contributed by atoms with Gasteiger partial charge in [0.2, 0.25) is 0 Å². The molecule has 0 spiro atoms. The Kier molecular flexibility index (Phi) is 21.0. The van der Waals surface area contributed by atoms with Crippen molar-refractivity contribution in [3.05, 3.63) is 90.6 Å². The van der Waals surface area contributed by atoms with Gasteiger partial charge in [-0.15, -0.1) is 11.8 Å². The highest BCUT2D eigenvalue weighted by Crippen LogP contribution is 2.19. The molecule has 0 radical (unpaired) electrons. The Hall–Kier alpha value is -2.99. The molecule has 6 heteroatoms. The summed E-state index contributed by atoms with van der Waals surface area (Å²) in [5, 5.41) is 12.2. The first-order valence-corrected chi connectivity index (χ1v) is 15.2. The maximum atomic E-state index is 12.3. The van der Waals surface area contributed by atoms with E-state index in [-0.39, 0.29) is 35.7 Å². The van der Waals surface area contributed by atoms with Crippen LogP contribution in [0.3, 0.4) is 0 Å². The first-order chi connectivity index (χ1) is 19.1. The largest absolute Gasteiger partial charge is 0.507 e. The van der Waals surface area contributed by atoms with Crippen molar-refractivity contribution in [1.29, 1.82) is 0 Å². The second-order valence-electron chi connectivity index (χ2n) is 8.91. The third-order valence-corrected chi connectivity index (χ3v) is 7.11. The minimum atomic E-state index is -0.391. The molecule has 0 aliphatic carbocycles. The molecule has 214 valence electrons. The summed E-state index contributed by atoms with van der Waals surface area (Å²) in [6, 6.07) is 6.34. The molecule has 5 nitrogen and oxygen atoms in total. The fraction of sp³-hybridized carbons (Fsp3) is 0.455. The van der Waals surface area contributed by atoms with Gasteiger partial charge in [-0.2, -0.15) is 0 Å². The van der Waals surface area contributed by atoms with E-state index in [9.17, 15) is 14.7 Å². The van der Waals surface area contributed by atoms with Gasteiger partial charge < -0.3 is 15.2 Å². The number of amides is 1. The number of ether oxygens (including phenoxy) is 1. The van der Waals surface area contributed by atoms with E-state index in [1.165, 1.54) is 6.07 Å². The molecule has 0 aromatic heterocycles. The smallest absolute Gasteiger partial charge is 0.319 e. The number of esters is 1. The van der Waals surface area contributed by atoms with Gasteiger partial charge in [-0.3, -0.25) is 9.59 Å². The molecule has 2 N–H and O–H groups in total. The Morgan fingerprint density at radius 2 is 1.46 bits per heavy atom. The average molecular weight is 554 g/mol. The van der Waals surface area contributed by atoms with Gasteiger partial charge in [0, 0.05) is 0 Å². The standard InChI is InChI=1S/C33H47NO4S/c1-3-5-6-7-8-9-10-11-12-13-14-15-16-17-18-19-20-23-28-39-31(4-2)33(37)38-27-26-34-32(36)29-24-21-22-25-30(29)35/h5-6,8-9,11-12,14-15,17-18,21-22,24-25,31,35H,3-4,7,10,13,16,19-20,23,26-28H2,1-2H3,(H,34,36)/b6-5-,9-8-,12-11-,15-14-,18-17-/t31-/m0/s1. The summed E-state index contributed by atoms with van der Waals surface area (Å²) in [7, 11) is 0. The Balaban J connectivity index is 2.05. The van der Waals surface area contributed by atoms with Crippen molar-refractivity contribution >= 4 is 23.6 Å². The van der Waals surface area contributed by atoms with Crippen LogP contribution in [-0.2, 0) is 9.53 Å². The van der Waals surface area contributed by atoms with Crippen LogP contribution in [0.4, 0.5) is 0 Å². The number of phenolic OH excluding ortho intramolecular Hbond substituents is 1. The van der Waals surface area contributed by atoms with E-state index in [1.54, 1.807) is 30.0 Å². The van der Waals surface area contributed by atoms with Crippen LogP contribution in [0, 0.1) is 0 Å². The minimum absolute atomic E-state index is 0.0733. The molecule has 0 heterocycles. The van der Waals surface area contributed by atoms with E-state index in [0.29, 0.717) is 6.42 Å². The SMILES string of the molecule is CC/C=C\C/C=C\C/C=C\C/C=C\C/C=C\CCCCS[C@@H](CC)C(=O)OCCNC(=O)c1ccccc1O. The summed E-state index contributed by atoms with van der Waals surface area (Å²) in [6.45, 7) is 4.44. The number of phenols is 1. The Morgan fingerprint density at radius 3 is 2.05 bits per heavy atom. The predicted molar refractivity (Wildman–Crippen MR) is 166 cm³/mol. The number of hydrogen-bond donors (Lipinski definition) is 2. The summed E-state index contributed by atoms with van der Waals surface area (Å²) in [4.78, 5) is 24.4. The highest BCUT2D eigenvalue weighted by atomic mass is 32.2. The summed E-state index contributed by atoms with van der Waals surface area (Å²) >= 11 is 1.64. The fourth-order valence-electron chi connectivity index (χ4n) is 3.48. The molecule has 0 aliphatic rings. The number of rotatable bonds is 21. The molecule has 0 bridgehead atoms. The zero-order valence-corrected chi connectivity index (χ0v) is 24.5. The number of nitrogens with one attached hydrogen (secondary N) is 1. The van der Waals surface area contributed by atoms with Crippen molar-refractivity contribution < 1.29 is 19.4 Å². The van der Waals surface area contributed by atoms with Crippen LogP contribution in [0.2, 0.25) is 0 Å². The van der Waals surface area contributed by atoms with Gasteiger partial charge in [0.25, 0.3) is 5.91 Å². The topological polar surface area (TPSA) is 75.6 Å². The van der Waals surface area contributed by atoms with Gasteiger partial charge in [0.1, 0.15) is 17.6 Å². The Morgan fingerprint density at radius 1 is 0.872 bits per heavy atom. The van der Waals surface area contributed by atoms with E-state index >= 15 is 0 Å². The lowest BCUT2D eigenvalue weighted by atomic mass is 10.2. The summed E-state index contributed by atoms with van der Waals surface area (Å²) in [5.41, 5.74) is 0.204. The van der Waals surface area contributed by atoms with E-state index in [2.05, 4.69) is 73.0 Å². The number of carbonyl (C=O) groups excluding carboxylic acids is 2. The number of unbranched alkanes of at least 4 members (excludes halogenated alkanes) is 2. The Labute approximate surface area is 240 Å². The fourth-order valence-corrected chi connectivity index (χ4v) is 4.58. The van der Waals surface area contributed by atoms with E-state index in [1.807, 2.05) is 6.92 Å². The van der Waals surface area contributed by atoms with Crippen LogP contribution in [0.25, 0.3) is 0 Å². The Bertz CT molecular complexity index is 949. The maximum absolute atomic E-state index is 12.3. The summed E-state index contributed by atoms with van der Waals surface area (Å²) in [5.74, 6) is 0.216. The van der Waals surface area contributed by atoms with E-state index in [4.69, 9.17) is 4.74 Å². The van der Waals surface area contributed by atoms with Crippen LogP contribution in [0.15, 0.2) is 85.0 Å². The minimum Gasteiger partial charge on any atom is -0.507 e. The van der Waals surface area contributed by atoms with Gasteiger partial charge in [-0.1, -0.05) is 86.7 Å². The summed E-state index contributed by atoms with van der Waals surface area (Å²) in [6.07, 6.45) is 31.1. The van der Waals surface area contributed by atoms with Crippen LogP contribution in [-0.4, -0.2) is 41.1 Å². The van der Waals surface area contributed by atoms with Gasteiger partial charge in [-0.25, -0.2) is 0 Å². The number of thioether (sulfide) groups is 1. The molecule has 1 aromatic carbocycles. The van der Waals surface area contributed by atoms with Crippen molar-refractivity contribution in [2.45, 2.75) is 76.9 Å². The third-order valence-electron chi connectivity index (χ3n) is 5.66. The normalized spacial score (nSPS) is 12.9. The van der Waals surface area contributed by atoms with Crippen LogP contribution < -0.4 is 5.32 Å². The third kappa shape index (κ3) is 18.0. The molecule has 1 atom stereocenters. The predicted octanol–water partition coefficient (Wildman–Crippen LogP) is 8.10. The number of carbonyl (C=O) groups is 2. The number of hydrogen-bond acceptors (Lipinski definition) is 5. The molecule has 0 unspecified atom stereocenters. The monoisotopic (exact) mass is 553 g/mol. The molecule has 0 fully saturated rings. The van der Waals surface area contributed by atoms with Crippen LogP contribution in [0.5, 0.6) is 5.75 Å². The first kappa shape index (κ1) is 34.0. The molecule has 1 aromatic rings.